The summed E-state index contributed by atoms with van der Waals surface area (Å²) < 4.78 is 5.74. The summed E-state index contributed by atoms with van der Waals surface area (Å²) >= 11 is 6.80. The number of fused-ring (bicyclic) bond motifs is 1. The van der Waals surface area contributed by atoms with E-state index < -0.39 is 28.7 Å². The molecule has 11 heteroatoms. The summed E-state index contributed by atoms with van der Waals surface area (Å²) in [5.74, 6) is -0.0238. The highest BCUT2D eigenvalue weighted by molar-refractivity contribution is 8.15. The first-order valence-electron chi connectivity index (χ1n) is 9.50. The second kappa shape index (κ2) is 9.11. The fourth-order valence-electron chi connectivity index (χ4n) is 3.29. The molecule has 1 unspecified atom stereocenters. The number of imide groups is 1. The highest BCUT2D eigenvalue weighted by Gasteiger charge is 2.31. The van der Waals surface area contributed by atoms with Crippen LogP contribution in [0.1, 0.15) is 17.4 Å². The minimum Gasteiger partial charge on any atom is -0.465 e. The molecule has 4 rings (SSSR count). The van der Waals surface area contributed by atoms with Crippen molar-refractivity contribution in [3.8, 4) is 0 Å². The molecule has 2 heterocycles. The van der Waals surface area contributed by atoms with Gasteiger partial charge in [-0.15, -0.1) is 0 Å². The van der Waals surface area contributed by atoms with Gasteiger partial charge >= 0.3 is 6.09 Å². The average molecular weight is 476 g/mol. The molecule has 1 saturated heterocycles. The molecule has 2 atom stereocenters. The van der Waals surface area contributed by atoms with Crippen molar-refractivity contribution in [1.29, 1.82) is 0 Å². The molecule has 0 aliphatic carbocycles. The zero-order valence-electron chi connectivity index (χ0n) is 16.4. The third kappa shape index (κ3) is 4.98. The van der Waals surface area contributed by atoms with Crippen LogP contribution in [0, 0.1) is 0 Å². The van der Waals surface area contributed by atoms with Gasteiger partial charge in [0.15, 0.2) is 5.37 Å². The van der Waals surface area contributed by atoms with Crippen molar-refractivity contribution >= 4 is 57.3 Å². The third-order valence-corrected chi connectivity index (χ3v) is 5.92. The maximum atomic E-state index is 11.7. The minimum atomic E-state index is -1.21. The van der Waals surface area contributed by atoms with Crippen molar-refractivity contribution in [3.05, 3.63) is 64.9 Å². The molecule has 1 aliphatic rings. The molecule has 0 saturated carbocycles. The van der Waals surface area contributed by atoms with Crippen LogP contribution in [0.5, 0.6) is 0 Å². The van der Waals surface area contributed by atoms with Gasteiger partial charge in [-0.1, -0.05) is 23.7 Å². The van der Waals surface area contributed by atoms with Crippen molar-refractivity contribution in [2.24, 2.45) is 0 Å². The van der Waals surface area contributed by atoms with Gasteiger partial charge in [-0.25, -0.2) is 4.79 Å². The lowest BCUT2D eigenvalue weighted by molar-refractivity contribution is -0.118. The van der Waals surface area contributed by atoms with Gasteiger partial charge in [0.1, 0.15) is 11.3 Å². The molecule has 3 amide bonds. The van der Waals surface area contributed by atoms with E-state index >= 15 is 0 Å². The van der Waals surface area contributed by atoms with Gasteiger partial charge in [-0.2, -0.15) is 0 Å². The Morgan fingerprint density at radius 3 is 2.75 bits per heavy atom. The molecule has 1 aromatic heterocycles. The number of nitrogens with zero attached hydrogens (tertiary/aromatic N) is 1. The monoisotopic (exact) mass is 475 g/mol. The molecule has 9 nitrogen and oxygen atoms in total. The topological polar surface area (TPSA) is 132 Å². The van der Waals surface area contributed by atoms with Crippen molar-refractivity contribution < 1.29 is 29.0 Å². The minimum absolute atomic E-state index is 0.0697. The van der Waals surface area contributed by atoms with E-state index in [-0.39, 0.29) is 13.1 Å². The normalized spacial score (nSPS) is 16.8. The second-order valence-corrected chi connectivity index (χ2v) is 8.63. The summed E-state index contributed by atoms with van der Waals surface area (Å²) in [4.78, 5) is 35.8. The summed E-state index contributed by atoms with van der Waals surface area (Å²) in [6.45, 7) is -0.235. The number of carbonyl (C=O) groups is 3. The second-order valence-electron chi connectivity index (χ2n) is 7.12. The molecule has 0 spiro atoms. The Morgan fingerprint density at radius 2 is 2.06 bits per heavy atom. The lowest BCUT2D eigenvalue weighted by Crippen LogP contribution is -2.32. The van der Waals surface area contributed by atoms with E-state index in [1.165, 1.54) is 0 Å². The van der Waals surface area contributed by atoms with Gasteiger partial charge in [0.05, 0.1) is 19.2 Å². The fourth-order valence-corrected chi connectivity index (χ4v) is 4.23. The van der Waals surface area contributed by atoms with Crippen LogP contribution >= 0.6 is 23.4 Å². The van der Waals surface area contributed by atoms with Crippen LogP contribution in [-0.2, 0) is 11.3 Å². The predicted octanol–water partition coefficient (Wildman–Crippen LogP) is 4.02. The number of thioether (sulfide) groups is 1. The smallest absolute Gasteiger partial charge is 0.407 e. The number of halogens is 1. The van der Waals surface area contributed by atoms with Crippen LogP contribution < -0.4 is 10.6 Å². The van der Waals surface area contributed by atoms with Crippen LogP contribution in [0.15, 0.2) is 52.9 Å². The maximum absolute atomic E-state index is 11.7. The number of aliphatic hydroxyl groups is 1. The number of benzene rings is 2. The number of aliphatic hydroxyl groups excluding tert-OH is 1. The highest BCUT2D eigenvalue weighted by Crippen LogP contribution is 2.27. The lowest BCUT2D eigenvalue weighted by Gasteiger charge is -2.21. The standard InChI is InChI=1S/C21H18ClN3O6S/c22-13-3-1-2-11(6-13)16(26)10-25(21(29)30)9-15-8-12-7-14(4-5-17(12)31-15)23-19-18(27)24-20(28)32-19/h1-8,16,19,23,26H,9-10H2,(H,29,30)(H,24,27,28)/t16-,19?/m1/s1. The van der Waals surface area contributed by atoms with E-state index in [2.05, 4.69) is 10.6 Å². The molecule has 32 heavy (non-hydrogen) atoms. The van der Waals surface area contributed by atoms with Crippen LogP contribution in [0.2, 0.25) is 5.02 Å². The summed E-state index contributed by atoms with van der Waals surface area (Å²) in [5.41, 5.74) is 1.65. The molecule has 3 aromatic rings. The number of amides is 3. The Morgan fingerprint density at radius 1 is 1.25 bits per heavy atom. The van der Waals surface area contributed by atoms with E-state index in [0.29, 0.717) is 33.0 Å². The van der Waals surface area contributed by atoms with Crippen LogP contribution in [0.3, 0.4) is 0 Å². The van der Waals surface area contributed by atoms with E-state index in [4.69, 9.17) is 16.0 Å². The zero-order chi connectivity index (χ0) is 22.8. The summed E-state index contributed by atoms with van der Waals surface area (Å²) in [6.07, 6.45) is -2.26. The molecule has 2 aromatic carbocycles. The number of anilines is 1. The van der Waals surface area contributed by atoms with Crippen molar-refractivity contribution in [3.63, 3.8) is 0 Å². The molecule has 0 bridgehead atoms. The van der Waals surface area contributed by atoms with Gasteiger partial charge in [-0.3, -0.25) is 19.8 Å². The Kier molecular flexibility index (Phi) is 6.26. The first kappa shape index (κ1) is 22.0. The van der Waals surface area contributed by atoms with Gasteiger partial charge < -0.3 is 19.9 Å². The number of hydrogen-bond acceptors (Lipinski definition) is 7. The zero-order valence-corrected chi connectivity index (χ0v) is 18.0. The molecular formula is C21H18ClN3O6S. The molecule has 4 N–H and O–H groups in total. The number of hydrogen-bond donors (Lipinski definition) is 4. The van der Waals surface area contributed by atoms with Crippen LogP contribution in [-0.4, -0.2) is 44.3 Å². The SMILES string of the molecule is O=C1NC(=O)C(Nc2ccc3oc(CN(C[C@@H](O)c4cccc(Cl)c4)C(=O)O)cc3c2)S1. The average Bonchev–Trinajstić information content (AvgIpc) is 3.28. The Balaban J connectivity index is 1.47. The number of rotatable bonds is 7. The first-order valence-corrected chi connectivity index (χ1v) is 10.8. The van der Waals surface area contributed by atoms with Gasteiger partial charge in [-0.05, 0) is 53.7 Å². The maximum Gasteiger partial charge on any atom is 0.407 e. The number of furan rings is 1. The molecule has 1 aliphatic heterocycles. The van der Waals surface area contributed by atoms with Gasteiger partial charge in [0, 0.05) is 16.1 Å². The first-order chi connectivity index (χ1) is 15.3. The van der Waals surface area contributed by atoms with E-state index in [9.17, 15) is 24.6 Å². The highest BCUT2D eigenvalue weighted by atomic mass is 35.5. The number of nitrogens with one attached hydrogen (secondary N) is 2. The Bertz CT molecular complexity index is 1200. The van der Waals surface area contributed by atoms with Crippen molar-refractivity contribution in [1.82, 2.24) is 10.2 Å². The van der Waals surface area contributed by atoms with E-state index in [0.717, 1.165) is 16.7 Å². The molecular weight excluding hydrogens is 458 g/mol. The number of carbonyl (C=O) groups excluding carboxylic acids is 2. The third-order valence-electron chi connectivity index (χ3n) is 4.80. The molecule has 0 radical (unpaired) electrons. The largest absolute Gasteiger partial charge is 0.465 e. The summed E-state index contributed by atoms with van der Waals surface area (Å²) in [7, 11) is 0. The summed E-state index contributed by atoms with van der Waals surface area (Å²) in [6, 6.07) is 13.4. The molecule has 1 fully saturated rings. The van der Waals surface area contributed by atoms with Crippen LogP contribution in [0.25, 0.3) is 11.0 Å². The Hall–Kier alpha value is -3.21. The van der Waals surface area contributed by atoms with Crippen molar-refractivity contribution in [2.45, 2.75) is 18.0 Å². The lowest BCUT2D eigenvalue weighted by atomic mass is 10.1. The van der Waals surface area contributed by atoms with Crippen LogP contribution in [0.4, 0.5) is 15.3 Å². The van der Waals surface area contributed by atoms with E-state index in [1.54, 1.807) is 48.5 Å². The fraction of sp³-hybridized carbons (Fsp3) is 0.190. The predicted molar refractivity (Wildman–Crippen MR) is 120 cm³/mol. The Labute approximate surface area is 191 Å². The molecule has 166 valence electrons. The van der Waals surface area contributed by atoms with Gasteiger partial charge in [0.2, 0.25) is 0 Å². The van der Waals surface area contributed by atoms with Gasteiger partial charge in [0.25, 0.3) is 11.1 Å². The number of carboxylic acid groups (broad SMARTS) is 1. The quantitative estimate of drug-likeness (QED) is 0.403. The van der Waals surface area contributed by atoms with Crippen molar-refractivity contribution in [2.75, 3.05) is 11.9 Å². The summed E-state index contributed by atoms with van der Waals surface area (Å²) in [5, 5.41) is 25.2. The van der Waals surface area contributed by atoms with E-state index in [1.807, 2.05) is 0 Å².